The molecule has 2 rings (SSSR count). The molecule has 1 N–H and O–H groups in total. The lowest BCUT2D eigenvalue weighted by atomic mass is 10.1. The van der Waals surface area contributed by atoms with Crippen LogP contribution in [0.3, 0.4) is 0 Å². The molecule has 0 atom stereocenters. The molecule has 1 heterocycles. The van der Waals surface area contributed by atoms with Crippen molar-refractivity contribution < 1.29 is 14.3 Å². The molecule has 7 heteroatoms. The quantitative estimate of drug-likeness (QED) is 0.879. The monoisotopic (exact) mass is 307 g/mol. The van der Waals surface area contributed by atoms with Crippen molar-refractivity contribution in [1.82, 2.24) is 9.78 Å². The van der Waals surface area contributed by atoms with Gasteiger partial charge in [-0.1, -0.05) is 23.7 Å². The van der Waals surface area contributed by atoms with Gasteiger partial charge in [-0.3, -0.25) is 14.3 Å². The van der Waals surface area contributed by atoms with Gasteiger partial charge in [0.15, 0.2) is 0 Å². The van der Waals surface area contributed by atoms with E-state index in [0.717, 1.165) is 5.56 Å². The van der Waals surface area contributed by atoms with Crippen LogP contribution in [-0.4, -0.2) is 28.8 Å². The maximum absolute atomic E-state index is 12.2. The summed E-state index contributed by atoms with van der Waals surface area (Å²) in [5.74, 6) is -0.751. The summed E-state index contributed by atoms with van der Waals surface area (Å²) in [6, 6.07) is 5.23. The number of carbonyl (C=O) groups is 2. The number of benzene rings is 1. The Morgan fingerprint density at radius 3 is 2.90 bits per heavy atom. The van der Waals surface area contributed by atoms with Crippen LogP contribution in [0, 0.1) is 6.92 Å². The molecule has 2 aromatic rings. The molecule has 0 bridgehead atoms. The molecule has 1 aromatic carbocycles. The number of nitrogens with zero attached hydrogens (tertiary/aromatic N) is 2. The van der Waals surface area contributed by atoms with Gasteiger partial charge in [0.05, 0.1) is 29.6 Å². The molecule has 0 fully saturated rings. The predicted octanol–water partition coefficient (Wildman–Crippen LogP) is 2.27. The molecule has 0 saturated carbocycles. The van der Waals surface area contributed by atoms with Crippen LogP contribution >= 0.6 is 11.6 Å². The third-order valence-corrected chi connectivity index (χ3v) is 3.35. The number of ether oxygens (including phenoxy) is 1. The zero-order valence-corrected chi connectivity index (χ0v) is 12.3. The number of hydrogen-bond acceptors (Lipinski definition) is 4. The first-order valence-electron chi connectivity index (χ1n) is 6.17. The van der Waals surface area contributed by atoms with Crippen molar-refractivity contribution in [3.05, 3.63) is 46.7 Å². The van der Waals surface area contributed by atoms with Crippen molar-refractivity contribution in [2.24, 2.45) is 0 Å². The van der Waals surface area contributed by atoms with Gasteiger partial charge in [0, 0.05) is 6.20 Å². The average Bonchev–Trinajstić information content (AvgIpc) is 2.88. The van der Waals surface area contributed by atoms with E-state index in [1.54, 1.807) is 18.3 Å². The van der Waals surface area contributed by atoms with Gasteiger partial charge in [-0.15, -0.1) is 0 Å². The summed E-state index contributed by atoms with van der Waals surface area (Å²) in [5, 5.41) is 7.05. The summed E-state index contributed by atoms with van der Waals surface area (Å²) < 4.78 is 5.91. The van der Waals surface area contributed by atoms with Crippen LogP contribution < -0.4 is 5.32 Å². The second kappa shape index (κ2) is 6.41. The first-order chi connectivity index (χ1) is 10.0. The summed E-state index contributed by atoms with van der Waals surface area (Å²) in [7, 11) is 1.30. The number of halogens is 1. The molecule has 1 aromatic heterocycles. The normalized spacial score (nSPS) is 10.2. The highest BCUT2D eigenvalue weighted by Gasteiger charge is 2.13. The van der Waals surface area contributed by atoms with E-state index in [1.807, 2.05) is 13.0 Å². The van der Waals surface area contributed by atoms with E-state index in [4.69, 9.17) is 11.6 Å². The number of hydrogen-bond donors (Lipinski definition) is 1. The maximum Gasteiger partial charge on any atom is 0.327 e. The van der Waals surface area contributed by atoms with Gasteiger partial charge in [-0.05, 0) is 18.6 Å². The van der Waals surface area contributed by atoms with E-state index in [1.165, 1.54) is 18.0 Å². The molecule has 0 aliphatic heterocycles. The van der Waals surface area contributed by atoms with Gasteiger partial charge in [-0.2, -0.15) is 5.10 Å². The lowest BCUT2D eigenvalue weighted by molar-refractivity contribution is -0.141. The van der Waals surface area contributed by atoms with E-state index < -0.39 is 5.97 Å². The third-order valence-electron chi connectivity index (χ3n) is 2.85. The molecule has 0 aliphatic carbocycles. The number of amides is 1. The number of aromatic nitrogens is 2. The predicted molar refractivity (Wildman–Crippen MR) is 78.4 cm³/mol. The molecule has 1 amide bonds. The largest absolute Gasteiger partial charge is 0.468 e. The summed E-state index contributed by atoms with van der Waals surface area (Å²) in [4.78, 5) is 23.3. The van der Waals surface area contributed by atoms with E-state index >= 15 is 0 Å². The molecule has 110 valence electrons. The Balaban J connectivity index is 2.09. The molecule has 0 radical (unpaired) electrons. The fraction of sp³-hybridized carbons (Fsp3) is 0.214. The Morgan fingerprint density at radius 1 is 1.43 bits per heavy atom. The van der Waals surface area contributed by atoms with Crippen molar-refractivity contribution in [3.63, 3.8) is 0 Å². The first kappa shape index (κ1) is 15.1. The van der Waals surface area contributed by atoms with Crippen LogP contribution in [0.15, 0.2) is 30.6 Å². The van der Waals surface area contributed by atoms with Gasteiger partial charge >= 0.3 is 5.97 Å². The van der Waals surface area contributed by atoms with Crippen molar-refractivity contribution in [3.8, 4) is 0 Å². The maximum atomic E-state index is 12.2. The van der Waals surface area contributed by atoms with Crippen LogP contribution in [0.5, 0.6) is 0 Å². The van der Waals surface area contributed by atoms with Crippen molar-refractivity contribution in [1.29, 1.82) is 0 Å². The van der Waals surface area contributed by atoms with Crippen molar-refractivity contribution in [2.75, 3.05) is 12.4 Å². The standard InChI is InChI=1S/C14H14ClN3O3/c1-9-4-3-5-11(13(9)15)14(20)17-10-6-16-18(7-10)8-12(19)21-2/h3-7H,8H2,1-2H3,(H,17,20). The summed E-state index contributed by atoms with van der Waals surface area (Å²) in [6.45, 7) is 1.81. The van der Waals surface area contributed by atoms with Gasteiger partial charge < -0.3 is 10.1 Å². The fourth-order valence-electron chi connectivity index (χ4n) is 1.73. The molecule has 0 aliphatic rings. The highest BCUT2D eigenvalue weighted by Crippen LogP contribution is 2.21. The van der Waals surface area contributed by atoms with Gasteiger partial charge in [-0.25, -0.2) is 0 Å². The number of esters is 1. The molecule has 0 unspecified atom stereocenters. The number of carbonyl (C=O) groups excluding carboxylic acids is 2. The minimum atomic E-state index is -0.419. The van der Waals surface area contributed by atoms with E-state index in [9.17, 15) is 9.59 Å². The Kier molecular flexibility index (Phi) is 4.59. The van der Waals surface area contributed by atoms with Gasteiger partial charge in [0.1, 0.15) is 6.54 Å². The minimum absolute atomic E-state index is 0.0163. The summed E-state index contributed by atoms with van der Waals surface area (Å²) >= 11 is 6.10. The molecule has 6 nitrogen and oxygen atoms in total. The second-order valence-electron chi connectivity index (χ2n) is 4.39. The lowest BCUT2D eigenvalue weighted by Crippen LogP contribution is -2.13. The summed E-state index contributed by atoms with van der Waals surface area (Å²) in [6.07, 6.45) is 2.99. The lowest BCUT2D eigenvalue weighted by Gasteiger charge is -2.06. The van der Waals surface area contributed by atoms with E-state index in [0.29, 0.717) is 16.3 Å². The Morgan fingerprint density at radius 2 is 2.19 bits per heavy atom. The number of nitrogens with one attached hydrogen (secondary N) is 1. The zero-order valence-electron chi connectivity index (χ0n) is 11.6. The molecule has 0 spiro atoms. The Labute approximate surface area is 126 Å². The Bertz CT molecular complexity index is 682. The fourth-order valence-corrected chi connectivity index (χ4v) is 1.94. The van der Waals surface area contributed by atoms with Crippen LogP contribution in [0.2, 0.25) is 5.02 Å². The topological polar surface area (TPSA) is 73.2 Å². The second-order valence-corrected chi connectivity index (χ2v) is 4.77. The molecular weight excluding hydrogens is 294 g/mol. The SMILES string of the molecule is COC(=O)Cn1cc(NC(=O)c2cccc(C)c2Cl)cn1. The highest BCUT2D eigenvalue weighted by molar-refractivity contribution is 6.35. The third kappa shape index (κ3) is 3.61. The van der Waals surface area contributed by atoms with Gasteiger partial charge in [0.25, 0.3) is 5.91 Å². The number of aryl methyl sites for hydroxylation is 1. The minimum Gasteiger partial charge on any atom is -0.468 e. The first-order valence-corrected chi connectivity index (χ1v) is 6.55. The van der Waals surface area contributed by atoms with Crippen LogP contribution in [0.1, 0.15) is 15.9 Å². The van der Waals surface area contributed by atoms with Crippen LogP contribution in [0.25, 0.3) is 0 Å². The summed E-state index contributed by atoms with van der Waals surface area (Å²) in [5.41, 5.74) is 1.68. The van der Waals surface area contributed by atoms with Crippen LogP contribution in [0.4, 0.5) is 5.69 Å². The Hall–Kier alpha value is -2.34. The van der Waals surface area contributed by atoms with Gasteiger partial charge in [0.2, 0.25) is 0 Å². The smallest absolute Gasteiger partial charge is 0.327 e. The number of rotatable bonds is 4. The number of methoxy groups -OCH3 is 1. The molecule has 0 saturated heterocycles. The van der Waals surface area contributed by atoms with Crippen LogP contribution in [-0.2, 0) is 16.1 Å². The number of anilines is 1. The molecule has 21 heavy (non-hydrogen) atoms. The van der Waals surface area contributed by atoms with E-state index in [-0.39, 0.29) is 12.5 Å². The van der Waals surface area contributed by atoms with Crippen molar-refractivity contribution in [2.45, 2.75) is 13.5 Å². The van der Waals surface area contributed by atoms with Crippen molar-refractivity contribution >= 4 is 29.2 Å². The van der Waals surface area contributed by atoms with E-state index in [2.05, 4.69) is 15.2 Å². The molecular formula is C14H14ClN3O3. The average molecular weight is 308 g/mol. The zero-order chi connectivity index (χ0) is 15.4. The highest BCUT2D eigenvalue weighted by atomic mass is 35.5.